The molecule has 1 aliphatic carbocycles. The lowest BCUT2D eigenvalue weighted by atomic mass is 9.89. The molecule has 0 aliphatic heterocycles. The third-order valence-electron chi connectivity index (χ3n) is 3.16. The monoisotopic (exact) mass is 280 g/mol. The molecule has 1 aromatic heterocycles. The molecule has 1 aromatic carbocycles. The molecule has 0 fully saturated rings. The Kier molecular flexibility index (Phi) is 3.59. The van der Waals surface area contributed by atoms with E-state index in [1.807, 2.05) is 0 Å². The fraction of sp³-hybridized carbons (Fsp3) is 0.385. The summed E-state index contributed by atoms with van der Waals surface area (Å²) in [6.45, 7) is 0.489. The number of halogens is 1. The van der Waals surface area contributed by atoms with E-state index in [0.29, 0.717) is 11.1 Å². The van der Waals surface area contributed by atoms with Gasteiger partial charge in [0.25, 0.3) is 0 Å². The summed E-state index contributed by atoms with van der Waals surface area (Å²) in [5.74, 6) is 0. The van der Waals surface area contributed by atoms with Crippen molar-refractivity contribution in [3.05, 3.63) is 44.9 Å². The first-order valence-corrected chi connectivity index (χ1v) is 7.19. The third-order valence-corrected chi connectivity index (χ3v) is 4.16. The Hall–Kier alpha value is -0.970. The van der Waals surface area contributed by atoms with Crippen molar-refractivity contribution in [3.8, 4) is 0 Å². The van der Waals surface area contributed by atoms with Gasteiger partial charge in [0.15, 0.2) is 0 Å². The number of nitrogens with zero attached hydrogens (tertiary/aromatic N) is 2. The van der Waals surface area contributed by atoms with Gasteiger partial charge in [-0.15, -0.1) is 10.2 Å². The molecule has 1 heterocycles. The topological polar surface area (TPSA) is 35.0 Å². The van der Waals surface area contributed by atoms with Gasteiger partial charge in [-0.25, -0.2) is 0 Å². The number of fused-ring (bicyclic) bond motifs is 1. The van der Waals surface area contributed by atoms with Crippen LogP contribution in [0.2, 0.25) is 4.47 Å². The van der Waals surface area contributed by atoms with E-state index in [0.717, 1.165) is 17.8 Å². The molecule has 0 bridgehead atoms. The molecule has 18 heavy (non-hydrogen) atoms. The van der Waals surface area contributed by atoms with Crippen LogP contribution in [0.5, 0.6) is 0 Å². The molecule has 94 valence electrons. The van der Waals surface area contributed by atoms with Gasteiger partial charge in [0, 0.05) is 0 Å². The van der Waals surface area contributed by atoms with Crippen molar-refractivity contribution >= 4 is 22.9 Å². The molecule has 0 radical (unpaired) electrons. The molecular weight excluding hydrogens is 268 g/mol. The first-order valence-electron chi connectivity index (χ1n) is 6.00. The maximum absolute atomic E-state index is 5.96. The third kappa shape index (κ3) is 2.55. The fourth-order valence-electron chi connectivity index (χ4n) is 2.35. The van der Waals surface area contributed by atoms with Crippen LogP contribution >= 0.6 is 22.9 Å². The summed E-state index contributed by atoms with van der Waals surface area (Å²) < 4.78 is 6.43. The van der Waals surface area contributed by atoms with Crippen LogP contribution < -0.4 is 0 Å². The molecule has 0 N–H and O–H groups in total. The number of hydrogen-bond acceptors (Lipinski definition) is 4. The lowest BCUT2D eigenvalue weighted by Gasteiger charge is -2.25. The number of hydrogen-bond donors (Lipinski definition) is 0. The number of benzene rings is 1. The van der Waals surface area contributed by atoms with Crippen LogP contribution in [-0.2, 0) is 17.8 Å². The highest BCUT2D eigenvalue weighted by molar-refractivity contribution is 7.15. The Balaban J connectivity index is 1.71. The molecule has 3 rings (SSSR count). The minimum atomic E-state index is 0.178. The quantitative estimate of drug-likeness (QED) is 0.858. The van der Waals surface area contributed by atoms with Gasteiger partial charge in [-0.2, -0.15) is 0 Å². The highest BCUT2D eigenvalue weighted by Crippen LogP contribution is 2.33. The smallest absolute Gasteiger partial charge is 0.207 e. The first kappa shape index (κ1) is 12.1. The highest BCUT2D eigenvalue weighted by atomic mass is 35.5. The zero-order valence-electron chi connectivity index (χ0n) is 9.80. The first-order chi connectivity index (χ1) is 8.83. The summed E-state index contributed by atoms with van der Waals surface area (Å²) in [4.78, 5) is 0. The summed E-state index contributed by atoms with van der Waals surface area (Å²) in [6, 6.07) is 8.51. The number of aromatic nitrogens is 2. The zero-order chi connectivity index (χ0) is 12.4. The maximum Gasteiger partial charge on any atom is 0.207 e. The Morgan fingerprint density at radius 3 is 3.06 bits per heavy atom. The van der Waals surface area contributed by atoms with Crippen LogP contribution in [-0.4, -0.2) is 10.2 Å². The van der Waals surface area contributed by atoms with E-state index in [1.165, 1.54) is 28.9 Å². The van der Waals surface area contributed by atoms with E-state index in [2.05, 4.69) is 34.5 Å². The van der Waals surface area contributed by atoms with E-state index in [1.54, 1.807) is 0 Å². The Labute approximate surface area is 115 Å². The van der Waals surface area contributed by atoms with Gasteiger partial charge in [0.2, 0.25) is 4.47 Å². The minimum Gasteiger partial charge on any atom is -0.366 e. The molecule has 0 saturated carbocycles. The second-order valence-electron chi connectivity index (χ2n) is 4.34. The van der Waals surface area contributed by atoms with Crippen molar-refractivity contribution in [1.82, 2.24) is 10.2 Å². The molecule has 0 spiro atoms. The largest absolute Gasteiger partial charge is 0.366 e. The van der Waals surface area contributed by atoms with Gasteiger partial charge in [0.05, 0.1) is 6.10 Å². The molecule has 0 amide bonds. The number of rotatable bonds is 3. The van der Waals surface area contributed by atoms with Gasteiger partial charge < -0.3 is 4.74 Å². The van der Waals surface area contributed by atoms with Crippen LogP contribution in [0.3, 0.4) is 0 Å². The minimum absolute atomic E-state index is 0.178. The van der Waals surface area contributed by atoms with E-state index in [9.17, 15) is 0 Å². The standard InChI is InChI=1S/C13H13ClN2OS/c14-13-16-15-12(18-13)8-17-11-7-3-5-9-4-1-2-6-10(9)11/h1-2,4,6,11H,3,5,7-8H2. The van der Waals surface area contributed by atoms with Gasteiger partial charge in [-0.05, 0) is 42.0 Å². The molecule has 3 nitrogen and oxygen atoms in total. The summed E-state index contributed by atoms with van der Waals surface area (Å²) in [7, 11) is 0. The van der Waals surface area contributed by atoms with Crippen molar-refractivity contribution in [1.29, 1.82) is 0 Å². The normalized spacial score (nSPS) is 18.6. The average Bonchev–Trinajstić information content (AvgIpc) is 2.82. The summed E-state index contributed by atoms with van der Waals surface area (Å²) in [6.07, 6.45) is 3.58. The van der Waals surface area contributed by atoms with Crippen molar-refractivity contribution in [2.45, 2.75) is 32.0 Å². The van der Waals surface area contributed by atoms with Crippen LogP contribution in [0.1, 0.15) is 35.1 Å². The van der Waals surface area contributed by atoms with Gasteiger partial charge in [-0.3, -0.25) is 0 Å². The molecule has 5 heteroatoms. The van der Waals surface area contributed by atoms with Crippen LogP contribution in [0.15, 0.2) is 24.3 Å². The van der Waals surface area contributed by atoms with E-state index < -0.39 is 0 Å². The molecule has 1 aliphatic rings. The van der Waals surface area contributed by atoms with E-state index in [4.69, 9.17) is 16.3 Å². The zero-order valence-corrected chi connectivity index (χ0v) is 11.4. The molecule has 2 aromatic rings. The summed E-state index contributed by atoms with van der Waals surface area (Å²) in [5, 5.41) is 8.58. The fourth-order valence-corrected chi connectivity index (χ4v) is 3.14. The lowest BCUT2D eigenvalue weighted by molar-refractivity contribution is 0.0279. The van der Waals surface area contributed by atoms with Crippen LogP contribution in [0.4, 0.5) is 0 Å². The van der Waals surface area contributed by atoms with Crippen molar-refractivity contribution < 1.29 is 4.74 Å². The molecule has 1 unspecified atom stereocenters. The Morgan fingerprint density at radius 2 is 2.22 bits per heavy atom. The summed E-state index contributed by atoms with van der Waals surface area (Å²) in [5.41, 5.74) is 2.73. The van der Waals surface area contributed by atoms with Gasteiger partial charge in [-0.1, -0.05) is 35.6 Å². The molecule has 1 atom stereocenters. The van der Waals surface area contributed by atoms with E-state index >= 15 is 0 Å². The predicted octanol–water partition coefficient (Wildman–Crippen LogP) is 3.79. The number of ether oxygens (including phenoxy) is 1. The van der Waals surface area contributed by atoms with Gasteiger partial charge >= 0.3 is 0 Å². The van der Waals surface area contributed by atoms with Gasteiger partial charge in [0.1, 0.15) is 11.6 Å². The van der Waals surface area contributed by atoms with Crippen molar-refractivity contribution in [3.63, 3.8) is 0 Å². The van der Waals surface area contributed by atoms with Crippen molar-refractivity contribution in [2.24, 2.45) is 0 Å². The van der Waals surface area contributed by atoms with E-state index in [-0.39, 0.29) is 6.10 Å². The summed E-state index contributed by atoms with van der Waals surface area (Å²) >= 11 is 7.13. The maximum atomic E-state index is 5.96. The second-order valence-corrected chi connectivity index (χ2v) is 5.98. The lowest BCUT2D eigenvalue weighted by Crippen LogP contribution is -2.12. The number of aryl methyl sites for hydroxylation is 1. The van der Waals surface area contributed by atoms with Crippen molar-refractivity contribution in [2.75, 3.05) is 0 Å². The molecular formula is C13H13ClN2OS. The second kappa shape index (κ2) is 5.34. The van der Waals surface area contributed by atoms with Crippen LogP contribution in [0.25, 0.3) is 0 Å². The Bertz CT molecular complexity index is 543. The highest BCUT2D eigenvalue weighted by Gasteiger charge is 2.20. The Morgan fingerprint density at radius 1 is 1.33 bits per heavy atom. The molecule has 0 saturated heterocycles. The SMILES string of the molecule is Clc1nnc(COC2CCCc3ccccc32)s1. The van der Waals surface area contributed by atoms with Crippen LogP contribution in [0, 0.1) is 0 Å². The predicted molar refractivity (Wildman–Crippen MR) is 71.8 cm³/mol. The average molecular weight is 281 g/mol.